The van der Waals surface area contributed by atoms with E-state index in [1.54, 1.807) is 12.7 Å². The number of aliphatic hydroxyl groups is 1. The number of aromatic nitrogens is 4. The van der Waals surface area contributed by atoms with Crippen LogP contribution in [0.15, 0.2) is 30.9 Å². The quantitative estimate of drug-likeness (QED) is 0.649. The predicted octanol–water partition coefficient (Wildman–Crippen LogP) is 3.00. The van der Waals surface area contributed by atoms with Crippen LogP contribution in [0.25, 0.3) is 16.6 Å². The molecule has 0 fully saturated rings. The Morgan fingerprint density at radius 1 is 1.08 bits per heavy atom. The molecular formula is C18H26N4OSi. The third kappa shape index (κ3) is 2.69. The van der Waals surface area contributed by atoms with Gasteiger partial charge in [0.15, 0.2) is 0 Å². The highest BCUT2D eigenvalue weighted by atomic mass is 28.3. The topological polar surface area (TPSA) is 66.7 Å². The Labute approximate surface area is 143 Å². The zero-order chi connectivity index (χ0) is 17.2. The second-order valence-electron chi connectivity index (χ2n) is 6.39. The van der Waals surface area contributed by atoms with Gasteiger partial charge in [-0.2, -0.15) is 0 Å². The maximum atomic E-state index is 9.64. The Kier molecular flexibility index (Phi) is 4.87. The third-order valence-corrected chi connectivity index (χ3v) is 11.1. The van der Waals surface area contributed by atoms with Crippen LogP contribution in [0.5, 0.6) is 0 Å². The van der Waals surface area contributed by atoms with Crippen molar-refractivity contribution in [3.05, 3.63) is 36.4 Å². The fourth-order valence-electron chi connectivity index (χ4n) is 3.83. The van der Waals surface area contributed by atoms with Crippen LogP contribution in [-0.4, -0.2) is 39.5 Å². The monoisotopic (exact) mass is 342 g/mol. The molecule has 5 nitrogen and oxygen atoms in total. The lowest BCUT2D eigenvalue weighted by Gasteiger charge is -2.28. The molecule has 128 valence electrons. The van der Waals surface area contributed by atoms with E-state index in [1.165, 1.54) is 34.4 Å². The van der Waals surface area contributed by atoms with Crippen LogP contribution in [0, 0.1) is 0 Å². The highest BCUT2D eigenvalue weighted by molar-refractivity contribution is 6.91. The summed E-state index contributed by atoms with van der Waals surface area (Å²) in [5, 5.41) is 20.1. The lowest BCUT2D eigenvalue weighted by molar-refractivity contribution is 0.300. The Balaban J connectivity index is 2.22. The molecular weight excluding hydrogens is 316 g/mol. The number of hydrogen-bond donors (Lipinski definition) is 2. The lowest BCUT2D eigenvalue weighted by atomic mass is 10.1. The summed E-state index contributed by atoms with van der Waals surface area (Å²) in [6.45, 7) is 7.13. The molecule has 0 aliphatic rings. The van der Waals surface area contributed by atoms with Crippen molar-refractivity contribution in [3.63, 3.8) is 0 Å². The molecule has 0 saturated heterocycles. The molecule has 0 amide bonds. The van der Waals surface area contributed by atoms with Gasteiger partial charge >= 0.3 is 0 Å². The van der Waals surface area contributed by atoms with Crippen LogP contribution in [0.3, 0.4) is 0 Å². The number of aromatic amines is 1. The number of aliphatic hydroxyl groups excluding tert-OH is 1. The Morgan fingerprint density at radius 2 is 1.75 bits per heavy atom. The molecule has 2 aromatic heterocycles. The third-order valence-electron chi connectivity index (χ3n) is 5.53. The smallest absolute Gasteiger partial charge is 0.123 e. The predicted molar refractivity (Wildman–Crippen MR) is 101 cm³/mol. The van der Waals surface area contributed by atoms with Gasteiger partial charge in [0.2, 0.25) is 0 Å². The second kappa shape index (κ2) is 6.90. The van der Waals surface area contributed by atoms with E-state index in [2.05, 4.69) is 54.2 Å². The van der Waals surface area contributed by atoms with Crippen molar-refractivity contribution in [2.45, 2.75) is 45.3 Å². The SMILES string of the molecule is CC[Si](CC)(CC)c1[nH]c2ccc(-n3cnnc3)cc2c1CCO. The van der Waals surface area contributed by atoms with Gasteiger partial charge in [-0.05, 0) is 30.2 Å². The summed E-state index contributed by atoms with van der Waals surface area (Å²) in [4.78, 5) is 3.73. The maximum Gasteiger partial charge on any atom is 0.123 e. The molecule has 2 heterocycles. The van der Waals surface area contributed by atoms with Crippen molar-refractivity contribution in [2.24, 2.45) is 0 Å². The summed E-state index contributed by atoms with van der Waals surface area (Å²) in [7, 11) is -1.54. The highest BCUT2D eigenvalue weighted by Gasteiger charge is 2.33. The Hall–Kier alpha value is -1.92. The van der Waals surface area contributed by atoms with E-state index in [4.69, 9.17) is 0 Å². The van der Waals surface area contributed by atoms with E-state index in [0.29, 0.717) is 6.42 Å². The standard InChI is InChI=1S/C18H26N4OSi/c1-4-24(5-2,6-3)18-15(9-10-23)16-11-14(7-8-17(16)21-18)22-12-19-20-13-22/h7-8,11-13,21,23H,4-6,9-10H2,1-3H3. The van der Waals surface area contributed by atoms with Gasteiger partial charge in [-0.3, -0.25) is 4.57 Å². The average Bonchev–Trinajstić information content (AvgIpc) is 3.26. The number of nitrogens with zero attached hydrogens (tertiary/aromatic N) is 3. The molecule has 1 aromatic carbocycles. The number of benzene rings is 1. The molecule has 3 aromatic rings. The Bertz CT molecular complexity index is 798. The van der Waals surface area contributed by atoms with E-state index >= 15 is 0 Å². The van der Waals surface area contributed by atoms with Gasteiger partial charge in [0.25, 0.3) is 0 Å². The van der Waals surface area contributed by atoms with Crippen LogP contribution in [0.2, 0.25) is 18.1 Å². The van der Waals surface area contributed by atoms with Crippen molar-refractivity contribution in [1.82, 2.24) is 19.7 Å². The van der Waals surface area contributed by atoms with Crippen LogP contribution in [0.1, 0.15) is 26.3 Å². The number of hydrogen-bond acceptors (Lipinski definition) is 3. The van der Waals surface area contributed by atoms with E-state index in [1.807, 2.05) is 4.57 Å². The first-order valence-corrected chi connectivity index (χ1v) is 11.4. The summed E-state index contributed by atoms with van der Waals surface area (Å²) < 4.78 is 1.92. The first kappa shape index (κ1) is 16.9. The minimum atomic E-state index is -1.54. The minimum Gasteiger partial charge on any atom is -0.396 e. The maximum absolute atomic E-state index is 9.64. The van der Waals surface area contributed by atoms with Crippen molar-refractivity contribution in [3.8, 4) is 5.69 Å². The fourth-order valence-corrected chi connectivity index (χ4v) is 7.70. The molecule has 3 rings (SSSR count). The molecule has 0 spiro atoms. The zero-order valence-electron chi connectivity index (χ0n) is 14.7. The minimum absolute atomic E-state index is 0.179. The van der Waals surface area contributed by atoms with Crippen LogP contribution in [-0.2, 0) is 6.42 Å². The average molecular weight is 343 g/mol. The van der Waals surface area contributed by atoms with Crippen LogP contribution in [0.4, 0.5) is 0 Å². The van der Waals surface area contributed by atoms with Crippen LogP contribution >= 0.6 is 0 Å². The molecule has 0 atom stereocenters. The van der Waals surface area contributed by atoms with E-state index < -0.39 is 8.07 Å². The summed E-state index contributed by atoms with van der Waals surface area (Å²) in [5.41, 5.74) is 3.52. The Morgan fingerprint density at radius 3 is 2.33 bits per heavy atom. The highest BCUT2D eigenvalue weighted by Crippen LogP contribution is 2.27. The summed E-state index contributed by atoms with van der Waals surface area (Å²) in [6.07, 6.45) is 4.13. The van der Waals surface area contributed by atoms with E-state index in [0.717, 1.165) is 11.2 Å². The van der Waals surface area contributed by atoms with Gasteiger partial charge in [-0.15, -0.1) is 10.2 Å². The summed E-state index contributed by atoms with van der Waals surface area (Å²) in [5.74, 6) is 0. The van der Waals surface area contributed by atoms with Gasteiger partial charge < -0.3 is 10.1 Å². The van der Waals surface area contributed by atoms with Gasteiger partial charge in [0, 0.05) is 28.5 Å². The molecule has 0 aliphatic carbocycles. The van der Waals surface area contributed by atoms with Crippen molar-refractivity contribution in [1.29, 1.82) is 0 Å². The number of nitrogens with one attached hydrogen (secondary N) is 1. The summed E-state index contributed by atoms with van der Waals surface area (Å²) >= 11 is 0. The van der Waals surface area contributed by atoms with Crippen molar-refractivity contribution < 1.29 is 5.11 Å². The fraction of sp³-hybridized carbons (Fsp3) is 0.444. The van der Waals surface area contributed by atoms with Crippen LogP contribution < -0.4 is 5.32 Å². The number of H-pyrrole nitrogens is 1. The first-order chi connectivity index (χ1) is 11.7. The molecule has 24 heavy (non-hydrogen) atoms. The first-order valence-electron chi connectivity index (χ1n) is 8.80. The molecule has 0 saturated carbocycles. The van der Waals surface area contributed by atoms with Gasteiger partial charge in [-0.25, -0.2) is 0 Å². The van der Waals surface area contributed by atoms with Gasteiger partial charge in [0.1, 0.15) is 20.7 Å². The van der Waals surface area contributed by atoms with E-state index in [-0.39, 0.29) is 6.61 Å². The second-order valence-corrected chi connectivity index (χ2v) is 11.6. The summed E-state index contributed by atoms with van der Waals surface area (Å²) in [6, 6.07) is 10.1. The molecule has 0 aliphatic heterocycles. The van der Waals surface area contributed by atoms with Gasteiger partial charge in [0.05, 0.1) is 0 Å². The van der Waals surface area contributed by atoms with E-state index in [9.17, 15) is 5.11 Å². The largest absolute Gasteiger partial charge is 0.396 e. The number of fused-ring (bicyclic) bond motifs is 1. The molecule has 0 unspecified atom stereocenters. The molecule has 0 radical (unpaired) electrons. The molecule has 2 N–H and O–H groups in total. The van der Waals surface area contributed by atoms with Crippen molar-refractivity contribution >= 4 is 24.3 Å². The zero-order valence-corrected chi connectivity index (χ0v) is 15.7. The number of rotatable bonds is 7. The molecule has 6 heteroatoms. The molecule has 0 bridgehead atoms. The van der Waals surface area contributed by atoms with Crippen molar-refractivity contribution in [2.75, 3.05) is 6.61 Å². The normalized spacial score (nSPS) is 12.2. The lowest BCUT2D eigenvalue weighted by Crippen LogP contribution is -2.48. The van der Waals surface area contributed by atoms with Gasteiger partial charge in [-0.1, -0.05) is 38.9 Å².